The van der Waals surface area contributed by atoms with Crippen LogP contribution in [0, 0.1) is 25.7 Å². The van der Waals surface area contributed by atoms with Gasteiger partial charge in [-0.2, -0.15) is 0 Å². The van der Waals surface area contributed by atoms with Gasteiger partial charge in [-0.15, -0.1) is 0 Å². The van der Waals surface area contributed by atoms with E-state index in [1.807, 2.05) is 37.3 Å². The van der Waals surface area contributed by atoms with Crippen molar-refractivity contribution in [2.75, 3.05) is 26.2 Å². The van der Waals surface area contributed by atoms with E-state index >= 15 is 0 Å². The number of carbonyl (C=O) groups excluding carboxylic acids is 1. The molecule has 0 saturated heterocycles. The Hall–Kier alpha value is -3.51. The van der Waals surface area contributed by atoms with Gasteiger partial charge >= 0.3 is 0 Å². The van der Waals surface area contributed by atoms with E-state index in [0.717, 1.165) is 61.3 Å². The topological polar surface area (TPSA) is 73.9 Å². The molecule has 1 unspecified atom stereocenters. The molecule has 236 valence electrons. The van der Waals surface area contributed by atoms with Gasteiger partial charge in [0.15, 0.2) is 0 Å². The lowest BCUT2D eigenvalue weighted by Crippen LogP contribution is -2.46. The third kappa shape index (κ3) is 8.15. The summed E-state index contributed by atoms with van der Waals surface area (Å²) in [6.45, 7) is 22.7. The maximum atomic E-state index is 14.1. The summed E-state index contributed by atoms with van der Waals surface area (Å²) in [5.74, 6) is 1.19. The molecular weight excluding hydrogens is 542 g/mol. The Balaban J connectivity index is 1.67. The Morgan fingerprint density at radius 1 is 0.955 bits per heavy atom. The summed E-state index contributed by atoms with van der Waals surface area (Å²) in [6.07, 6.45) is 7.76. The molecular formula is C38H53N5O. The summed E-state index contributed by atoms with van der Waals surface area (Å²) in [4.78, 5) is 28.9. The molecule has 0 saturated carbocycles. The zero-order valence-corrected chi connectivity index (χ0v) is 28.4. The van der Waals surface area contributed by atoms with Crippen LogP contribution in [0.3, 0.4) is 0 Å². The van der Waals surface area contributed by atoms with Crippen molar-refractivity contribution < 1.29 is 4.79 Å². The molecule has 0 aliphatic rings. The Labute approximate surface area is 265 Å². The lowest BCUT2D eigenvalue weighted by molar-refractivity contribution is -0.137. The average Bonchev–Trinajstić information content (AvgIpc) is 3.35. The normalized spacial score (nSPS) is 12.8. The molecule has 4 aromatic rings. The maximum Gasteiger partial charge on any atom is 0.234 e. The first kappa shape index (κ1) is 33.4. The third-order valence-corrected chi connectivity index (χ3v) is 8.38. The lowest BCUT2D eigenvalue weighted by Gasteiger charge is -2.34. The number of pyridine rings is 2. The number of carbonyl (C=O) groups is 1. The Morgan fingerprint density at radius 2 is 1.59 bits per heavy atom. The highest BCUT2D eigenvalue weighted by Crippen LogP contribution is 2.38. The van der Waals surface area contributed by atoms with Crippen LogP contribution in [0.4, 0.5) is 0 Å². The van der Waals surface area contributed by atoms with Crippen molar-refractivity contribution in [1.82, 2.24) is 25.2 Å². The van der Waals surface area contributed by atoms with E-state index in [0.29, 0.717) is 11.8 Å². The molecule has 6 heteroatoms. The van der Waals surface area contributed by atoms with Crippen LogP contribution in [0.5, 0.6) is 0 Å². The predicted octanol–water partition coefficient (Wildman–Crippen LogP) is 7.99. The standard InChI is InChI=1S/C38H53N5O/c1-25(2)23-43(24-26(3)4)37(44)38(8,9)34-20-32-33(22-41-34)42-36(31-18-27(5)17-28(6)19-31)35(32)29(7)21-40-14-10-11-30-12-15-39-16-13-30/h12-13,15-20,22,25-26,29,40,42H,10-11,14,21,23-24H2,1-9H3. The molecule has 0 aliphatic heterocycles. The van der Waals surface area contributed by atoms with E-state index < -0.39 is 5.41 Å². The number of H-pyrrole nitrogens is 1. The van der Waals surface area contributed by atoms with E-state index in [2.05, 4.69) is 100 Å². The highest BCUT2D eigenvalue weighted by Gasteiger charge is 2.36. The Morgan fingerprint density at radius 3 is 2.20 bits per heavy atom. The minimum Gasteiger partial charge on any atom is -0.353 e. The van der Waals surface area contributed by atoms with Crippen LogP contribution in [0.25, 0.3) is 22.2 Å². The molecule has 1 amide bonds. The summed E-state index contributed by atoms with van der Waals surface area (Å²) >= 11 is 0. The minimum absolute atomic E-state index is 0.141. The zero-order chi connectivity index (χ0) is 32.0. The fourth-order valence-corrected chi connectivity index (χ4v) is 6.33. The lowest BCUT2D eigenvalue weighted by atomic mass is 9.85. The summed E-state index contributed by atoms with van der Waals surface area (Å²) in [5.41, 5.74) is 8.49. The summed E-state index contributed by atoms with van der Waals surface area (Å²) < 4.78 is 0. The summed E-state index contributed by atoms with van der Waals surface area (Å²) in [7, 11) is 0. The van der Waals surface area contributed by atoms with Crippen molar-refractivity contribution in [3.63, 3.8) is 0 Å². The van der Waals surface area contributed by atoms with Gasteiger partial charge in [0, 0.05) is 37.4 Å². The molecule has 0 aliphatic carbocycles. The van der Waals surface area contributed by atoms with E-state index in [9.17, 15) is 4.79 Å². The number of hydrogen-bond acceptors (Lipinski definition) is 4. The average molecular weight is 596 g/mol. The first-order valence-corrected chi connectivity index (χ1v) is 16.4. The highest BCUT2D eigenvalue weighted by molar-refractivity contribution is 5.93. The molecule has 0 spiro atoms. The van der Waals surface area contributed by atoms with Crippen LogP contribution < -0.4 is 5.32 Å². The summed E-state index contributed by atoms with van der Waals surface area (Å²) in [5, 5.41) is 4.87. The van der Waals surface area contributed by atoms with Crippen LogP contribution in [0.2, 0.25) is 0 Å². The fourth-order valence-electron chi connectivity index (χ4n) is 6.33. The number of amides is 1. The van der Waals surface area contributed by atoms with Crippen LogP contribution in [-0.2, 0) is 16.6 Å². The number of rotatable bonds is 14. The number of hydrogen-bond donors (Lipinski definition) is 2. The van der Waals surface area contributed by atoms with Crippen molar-refractivity contribution in [2.24, 2.45) is 11.8 Å². The second-order valence-electron chi connectivity index (χ2n) is 14.1. The van der Waals surface area contributed by atoms with Crippen LogP contribution in [0.15, 0.2) is 55.0 Å². The van der Waals surface area contributed by atoms with Gasteiger partial charge < -0.3 is 15.2 Å². The van der Waals surface area contributed by atoms with Gasteiger partial charge in [0.05, 0.1) is 28.5 Å². The second kappa shape index (κ2) is 14.5. The summed E-state index contributed by atoms with van der Waals surface area (Å²) in [6, 6.07) is 13.1. The highest BCUT2D eigenvalue weighted by atomic mass is 16.2. The number of benzene rings is 1. The fraction of sp³-hybridized carbons (Fsp3) is 0.500. The van der Waals surface area contributed by atoms with Crippen LogP contribution in [-0.4, -0.2) is 51.9 Å². The van der Waals surface area contributed by atoms with Crippen molar-refractivity contribution >= 4 is 16.8 Å². The molecule has 3 aromatic heterocycles. The van der Waals surface area contributed by atoms with E-state index in [1.54, 1.807) is 0 Å². The van der Waals surface area contributed by atoms with Crippen LogP contribution >= 0.6 is 0 Å². The number of aryl methyl sites for hydroxylation is 3. The Kier molecular flexibility index (Phi) is 11.0. The monoisotopic (exact) mass is 595 g/mol. The third-order valence-electron chi connectivity index (χ3n) is 8.38. The molecule has 1 atom stereocenters. The largest absolute Gasteiger partial charge is 0.353 e. The van der Waals surface area contributed by atoms with Gasteiger partial charge in [0.2, 0.25) is 5.91 Å². The van der Waals surface area contributed by atoms with E-state index in [4.69, 9.17) is 4.98 Å². The quantitative estimate of drug-likeness (QED) is 0.145. The molecule has 0 radical (unpaired) electrons. The van der Waals surface area contributed by atoms with Crippen molar-refractivity contribution in [3.05, 3.63) is 82.9 Å². The minimum atomic E-state index is -0.749. The molecule has 1 aromatic carbocycles. The van der Waals surface area contributed by atoms with Gasteiger partial charge in [0.1, 0.15) is 0 Å². The first-order chi connectivity index (χ1) is 20.9. The van der Waals surface area contributed by atoms with Gasteiger partial charge in [-0.1, -0.05) is 51.8 Å². The second-order valence-corrected chi connectivity index (χ2v) is 14.1. The van der Waals surface area contributed by atoms with Gasteiger partial charge in [-0.3, -0.25) is 14.8 Å². The van der Waals surface area contributed by atoms with E-state index in [-0.39, 0.29) is 11.8 Å². The smallest absolute Gasteiger partial charge is 0.234 e. The number of aromatic nitrogens is 3. The Bertz CT molecular complexity index is 1510. The number of fused-ring (bicyclic) bond motifs is 1. The number of aromatic amines is 1. The SMILES string of the molecule is Cc1cc(C)cc(-c2[nH]c3cnc(C(C)(C)C(=O)N(CC(C)C)CC(C)C)cc3c2C(C)CNCCCc2ccncc2)c1. The molecule has 0 bridgehead atoms. The molecule has 2 N–H and O–H groups in total. The first-order valence-electron chi connectivity index (χ1n) is 16.4. The molecule has 6 nitrogen and oxygen atoms in total. The van der Waals surface area contributed by atoms with Crippen molar-refractivity contribution in [1.29, 1.82) is 0 Å². The van der Waals surface area contributed by atoms with E-state index in [1.165, 1.54) is 27.8 Å². The van der Waals surface area contributed by atoms with Crippen LogP contribution in [0.1, 0.15) is 88.8 Å². The molecule has 0 fully saturated rings. The van der Waals surface area contributed by atoms with Gasteiger partial charge in [0.25, 0.3) is 0 Å². The molecule has 4 rings (SSSR count). The molecule has 44 heavy (non-hydrogen) atoms. The zero-order valence-electron chi connectivity index (χ0n) is 28.4. The number of nitrogens with zero attached hydrogens (tertiary/aromatic N) is 3. The van der Waals surface area contributed by atoms with Crippen molar-refractivity contribution in [2.45, 2.75) is 86.5 Å². The predicted molar refractivity (Wildman–Crippen MR) is 184 cm³/mol. The van der Waals surface area contributed by atoms with Gasteiger partial charge in [-0.05, 0) is 112 Å². The molecule has 3 heterocycles. The number of nitrogens with one attached hydrogen (secondary N) is 2. The van der Waals surface area contributed by atoms with Crippen molar-refractivity contribution in [3.8, 4) is 11.3 Å². The maximum absolute atomic E-state index is 14.1. The van der Waals surface area contributed by atoms with Gasteiger partial charge in [-0.25, -0.2) is 0 Å².